The van der Waals surface area contributed by atoms with E-state index in [4.69, 9.17) is 9.47 Å². The number of carbonyl (C=O) groups excluding carboxylic acids is 2. The summed E-state index contributed by atoms with van der Waals surface area (Å²) < 4.78 is 12.0. The lowest BCUT2D eigenvalue weighted by Crippen LogP contribution is -2.31. The number of hydrogen-bond donors (Lipinski definition) is 0. The highest BCUT2D eigenvalue weighted by Gasteiger charge is 2.22. The van der Waals surface area contributed by atoms with Crippen LogP contribution < -0.4 is 4.74 Å². The first-order valence-electron chi connectivity index (χ1n) is 9.55. The average molecular weight is 407 g/mol. The Bertz CT molecular complexity index is 1040. The lowest BCUT2D eigenvalue weighted by molar-refractivity contribution is -0.133. The molecule has 0 aliphatic rings. The molecule has 0 saturated carbocycles. The summed E-state index contributed by atoms with van der Waals surface area (Å²) in [5.41, 5.74) is 4.13. The molecule has 0 aliphatic carbocycles. The fourth-order valence-electron chi connectivity index (χ4n) is 3.03. The largest absolute Gasteiger partial charge is 0.493 e. The number of ether oxygens (including phenoxy) is 2. The zero-order valence-corrected chi connectivity index (χ0v) is 17.6. The van der Waals surface area contributed by atoms with Gasteiger partial charge in [0, 0.05) is 13.6 Å². The summed E-state index contributed by atoms with van der Waals surface area (Å²) in [4.78, 5) is 26.5. The third kappa shape index (κ3) is 4.86. The van der Waals surface area contributed by atoms with E-state index in [9.17, 15) is 9.59 Å². The van der Waals surface area contributed by atoms with E-state index < -0.39 is 5.97 Å². The maximum atomic E-state index is 12.5. The number of carbonyl (C=O) groups is 2. The van der Waals surface area contributed by atoms with Crippen LogP contribution in [0.1, 0.15) is 27.2 Å². The Balaban J connectivity index is 1.63. The van der Waals surface area contributed by atoms with Gasteiger partial charge in [0.25, 0.3) is 5.91 Å². The Kier molecular flexibility index (Phi) is 6.51. The predicted molar refractivity (Wildman–Crippen MR) is 113 cm³/mol. The Morgan fingerprint density at radius 1 is 1.10 bits per heavy atom. The molecule has 0 atom stereocenters. The van der Waals surface area contributed by atoms with Crippen molar-refractivity contribution in [2.24, 2.45) is 0 Å². The van der Waals surface area contributed by atoms with E-state index in [1.54, 1.807) is 13.2 Å². The molecule has 7 nitrogen and oxygen atoms in total. The van der Waals surface area contributed by atoms with Gasteiger partial charge >= 0.3 is 5.97 Å². The van der Waals surface area contributed by atoms with Crippen molar-refractivity contribution in [3.8, 4) is 11.4 Å². The van der Waals surface area contributed by atoms with Crippen LogP contribution in [0.3, 0.4) is 0 Å². The summed E-state index contributed by atoms with van der Waals surface area (Å²) in [6.45, 7) is 4.10. The summed E-state index contributed by atoms with van der Waals surface area (Å²) in [7, 11) is 3.13. The Morgan fingerprint density at radius 3 is 2.50 bits per heavy atom. The van der Waals surface area contributed by atoms with Gasteiger partial charge in [-0.3, -0.25) is 4.79 Å². The zero-order valence-electron chi connectivity index (χ0n) is 17.6. The molecule has 7 heteroatoms. The van der Waals surface area contributed by atoms with Crippen LogP contribution in [0.4, 0.5) is 0 Å². The molecule has 1 heterocycles. The predicted octanol–water partition coefficient (Wildman–Crippen LogP) is 3.31. The van der Waals surface area contributed by atoms with Crippen molar-refractivity contribution in [2.75, 3.05) is 20.8 Å². The van der Waals surface area contributed by atoms with Gasteiger partial charge in [0.1, 0.15) is 0 Å². The van der Waals surface area contributed by atoms with Crippen molar-refractivity contribution in [3.63, 3.8) is 0 Å². The minimum Gasteiger partial charge on any atom is -0.493 e. The van der Waals surface area contributed by atoms with Crippen molar-refractivity contribution in [2.45, 2.75) is 20.4 Å². The van der Waals surface area contributed by atoms with Crippen molar-refractivity contribution in [3.05, 3.63) is 77.1 Å². The number of hydrogen-bond acceptors (Lipinski definition) is 5. The number of aromatic nitrogens is 2. The standard InChI is InChI=1S/C23H25N3O4/c1-16-10-11-18(17(2)12-16)13-25(3)21(27)15-30-23(28)22-20(29-4)14-26(24-22)19-8-6-5-7-9-19/h5-12,14H,13,15H2,1-4H3. The van der Waals surface area contributed by atoms with Gasteiger partial charge in [-0.25, -0.2) is 9.48 Å². The van der Waals surface area contributed by atoms with Crippen LogP contribution in [0.5, 0.6) is 5.75 Å². The van der Waals surface area contributed by atoms with Crippen molar-refractivity contribution >= 4 is 11.9 Å². The van der Waals surface area contributed by atoms with Crippen molar-refractivity contribution in [1.82, 2.24) is 14.7 Å². The zero-order chi connectivity index (χ0) is 21.7. The SMILES string of the molecule is COc1cn(-c2ccccc2)nc1C(=O)OCC(=O)N(C)Cc1ccc(C)cc1C. The summed E-state index contributed by atoms with van der Waals surface area (Å²) >= 11 is 0. The van der Waals surface area contributed by atoms with Gasteiger partial charge < -0.3 is 14.4 Å². The van der Waals surface area contributed by atoms with Crippen LogP contribution in [-0.4, -0.2) is 47.3 Å². The second-order valence-corrected chi connectivity index (χ2v) is 7.08. The second kappa shape index (κ2) is 9.26. The maximum absolute atomic E-state index is 12.5. The molecule has 1 aromatic heterocycles. The number of aryl methyl sites for hydroxylation is 2. The minimum absolute atomic E-state index is 0.0196. The number of esters is 1. The summed E-state index contributed by atoms with van der Waals surface area (Å²) in [5.74, 6) is -0.737. The highest BCUT2D eigenvalue weighted by molar-refractivity contribution is 5.92. The fourth-order valence-corrected chi connectivity index (χ4v) is 3.03. The Hall–Kier alpha value is -3.61. The minimum atomic E-state index is -0.713. The average Bonchev–Trinajstić information content (AvgIpc) is 3.19. The van der Waals surface area contributed by atoms with E-state index in [0.29, 0.717) is 6.54 Å². The molecule has 0 bridgehead atoms. The Labute approximate surface area is 175 Å². The van der Waals surface area contributed by atoms with Crippen molar-refractivity contribution in [1.29, 1.82) is 0 Å². The molecular formula is C23H25N3O4. The number of para-hydroxylation sites is 1. The number of amides is 1. The first kappa shape index (κ1) is 21.1. The van der Waals surface area contributed by atoms with Gasteiger partial charge in [0.2, 0.25) is 5.69 Å². The van der Waals surface area contributed by atoms with Crippen LogP contribution in [0.15, 0.2) is 54.7 Å². The smallest absolute Gasteiger partial charge is 0.363 e. The van der Waals surface area contributed by atoms with E-state index in [0.717, 1.165) is 16.8 Å². The monoisotopic (exact) mass is 407 g/mol. The third-order valence-electron chi connectivity index (χ3n) is 4.77. The van der Waals surface area contributed by atoms with E-state index in [1.807, 2.05) is 56.3 Å². The van der Waals surface area contributed by atoms with Crippen LogP contribution in [-0.2, 0) is 16.1 Å². The molecule has 0 radical (unpaired) electrons. The van der Waals surface area contributed by atoms with Gasteiger partial charge in [-0.1, -0.05) is 42.0 Å². The lowest BCUT2D eigenvalue weighted by Gasteiger charge is -2.18. The van der Waals surface area contributed by atoms with Gasteiger partial charge in [-0.2, -0.15) is 5.10 Å². The molecule has 156 valence electrons. The lowest BCUT2D eigenvalue weighted by atomic mass is 10.1. The summed E-state index contributed by atoms with van der Waals surface area (Å²) in [5, 5.41) is 4.25. The molecule has 2 aromatic carbocycles. The van der Waals surface area contributed by atoms with Crippen molar-refractivity contribution < 1.29 is 19.1 Å². The quantitative estimate of drug-likeness (QED) is 0.562. The third-order valence-corrected chi connectivity index (χ3v) is 4.77. The molecule has 0 spiro atoms. The van der Waals surface area contributed by atoms with E-state index in [-0.39, 0.29) is 24.0 Å². The highest BCUT2D eigenvalue weighted by Crippen LogP contribution is 2.20. The topological polar surface area (TPSA) is 73.7 Å². The van der Waals surface area contributed by atoms with E-state index >= 15 is 0 Å². The van der Waals surface area contributed by atoms with Crippen LogP contribution in [0, 0.1) is 13.8 Å². The number of likely N-dealkylation sites (N-methyl/N-ethyl adjacent to an activating group) is 1. The normalized spacial score (nSPS) is 10.5. The van der Waals surface area contributed by atoms with Crippen LogP contribution in [0.25, 0.3) is 5.69 Å². The molecular weight excluding hydrogens is 382 g/mol. The van der Waals surface area contributed by atoms with Crippen LogP contribution >= 0.6 is 0 Å². The number of methoxy groups -OCH3 is 1. The number of rotatable bonds is 7. The van der Waals surface area contributed by atoms with Gasteiger partial charge in [0.15, 0.2) is 12.4 Å². The second-order valence-electron chi connectivity index (χ2n) is 7.08. The van der Waals surface area contributed by atoms with Gasteiger partial charge in [-0.05, 0) is 37.1 Å². The maximum Gasteiger partial charge on any atom is 0.363 e. The highest BCUT2D eigenvalue weighted by atomic mass is 16.5. The number of benzene rings is 2. The van der Waals surface area contributed by atoms with Gasteiger partial charge in [-0.15, -0.1) is 0 Å². The summed E-state index contributed by atoms with van der Waals surface area (Å²) in [6.07, 6.45) is 1.60. The van der Waals surface area contributed by atoms with E-state index in [2.05, 4.69) is 11.2 Å². The molecule has 0 fully saturated rings. The molecule has 0 aliphatic heterocycles. The summed E-state index contributed by atoms with van der Waals surface area (Å²) in [6, 6.07) is 15.4. The molecule has 3 aromatic rings. The number of nitrogens with zero attached hydrogens (tertiary/aromatic N) is 3. The van der Waals surface area contributed by atoms with E-state index in [1.165, 1.54) is 22.3 Å². The molecule has 30 heavy (non-hydrogen) atoms. The first-order valence-corrected chi connectivity index (χ1v) is 9.55. The molecule has 0 saturated heterocycles. The molecule has 3 rings (SSSR count). The molecule has 1 amide bonds. The Morgan fingerprint density at radius 2 is 1.83 bits per heavy atom. The van der Waals surface area contributed by atoms with Crippen LogP contribution in [0.2, 0.25) is 0 Å². The fraction of sp³-hybridized carbons (Fsp3) is 0.261. The van der Waals surface area contributed by atoms with Gasteiger partial charge in [0.05, 0.1) is 19.0 Å². The molecule has 0 unspecified atom stereocenters. The molecule has 0 N–H and O–H groups in total. The first-order chi connectivity index (χ1) is 14.4.